The van der Waals surface area contributed by atoms with Crippen LogP contribution >= 0.6 is 11.3 Å². The van der Waals surface area contributed by atoms with E-state index in [4.69, 9.17) is 0 Å². The summed E-state index contributed by atoms with van der Waals surface area (Å²) in [5.74, 6) is 1.37. The summed E-state index contributed by atoms with van der Waals surface area (Å²) in [6.45, 7) is 4.17. The second-order valence-electron chi connectivity index (χ2n) is 7.33. The van der Waals surface area contributed by atoms with E-state index in [0.717, 1.165) is 47.1 Å². The molecule has 3 aromatic rings. The van der Waals surface area contributed by atoms with Crippen LogP contribution in [0.25, 0.3) is 20.9 Å². The highest BCUT2D eigenvalue weighted by Crippen LogP contribution is 2.31. The van der Waals surface area contributed by atoms with Crippen LogP contribution in [0.4, 0.5) is 0 Å². The Bertz CT molecular complexity index is 918. The van der Waals surface area contributed by atoms with E-state index in [1.54, 1.807) is 16.0 Å². The molecule has 0 unspecified atom stereocenters. The van der Waals surface area contributed by atoms with E-state index < -0.39 is 0 Å². The zero-order valence-electron chi connectivity index (χ0n) is 14.6. The van der Waals surface area contributed by atoms with Crippen LogP contribution < -0.4 is 0 Å². The van der Waals surface area contributed by atoms with Crippen molar-refractivity contribution in [3.05, 3.63) is 30.5 Å². The van der Waals surface area contributed by atoms with E-state index in [0.29, 0.717) is 11.8 Å². The normalized spacial score (nSPS) is 23.0. The third-order valence-electron chi connectivity index (χ3n) is 5.37. The van der Waals surface area contributed by atoms with E-state index in [2.05, 4.69) is 27.2 Å². The van der Waals surface area contributed by atoms with Gasteiger partial charge in [-0.15, -0.1) is 16.4 Å². The molecule has 26 heavy (non-hydrogen) atoms. The van der Waals surface area contributed by atoms with Crippen molar-refractivity contribution in [2.24, 2.45) is 11.8 Å². The van der Waals surface area contributed by atoms with Gasteiger partial charge in [0.15, 0.2) is 0 Å². The minimum absolute atomic E-state index is 0.128. The number of hydrogen-bond donors (Lipinski definition) is 0. The van der Waals surface area contributed by atoms with Crippen LogP contribution in [-0.4, -0.2) is 68.9 Å². The molecule has 1 amide bonds. The molecular formula is C18H20N6OS. The number of amides is 1. The van der Waals surface area contributed by atoms with E-state index in [-0.39, 0.29) is 12.5 Å². The van der Waals surface area contributed by atoms with Gasteiger partial charge in [-0.2, -0.15) is 0 Å². The second-order valence-corrected chi connectivity index (χ2v) is 8.36. The van der Waals surface area contributed by atoms with Crippen molar-refractivity contribution >= 4 is 27.5 Å². The van der Waals surface area contributed by atoms with Crippen LogP contribution in [0.5, 0.6) is 0 Å². The Morgan fingerprint density at radius 1 is 1.19 bits per heavy atom. The number of fused-ring (bicyclic) bond motifs is 2. The average molecular weight is 368 g/mol. The summed E-state index contributed by atoms with van der Waals surface area (Å²) in [7, 11) is 2.16. The molecule has 4 heterocycles. The first kappa shape index (κ1) is 15.9. The van der Waals surface area contributed by atoms with Crippen molar-refractivity contribution in [1.82, 2.24) is 29.8 Å². The molecule has 2 fully saturated rings. The smallest absolute Gasteiger partial charge is 0.244 e. The predicted molar refractivity (Wildman–Crippen MR) is 99.7 cm³/mol. The van der Waals surface area contributed by atoms with Crippen molar-refractivity contribution in [3.63, 3.8) is 0 Å². The van der Waals surface area contributed by atoms with E-state index in [1.807, 2.05) is 35.4 Å². The van der Waals surface area contributed by atoms with Crippen LogP contribution in [0, 0.1) is 11.8 Å². The molecule has 0 bridgehead atoms. The SMILES string of the molecule is CN1C[C@@H]2CN(C(=O)Cn3cc(-c4nc5ccccc5s4)nn3)C[C@@H]2C1. The summed E-state index contributed by atoms with van der Waals surface area (Å²) in [5, 5.41) is 9.18. The van der Waals surface area contributed by atoms with Gasteiger partial charge in [-0.25, -0.2) is 9.67 Å². The number of carbonyl (C=O) groups is 1. The fraction of sp³-hybridized carbons (Fsp3) is 0.444. The van der Waals surface area contributed by atoms with Gasteiger partial charge in [0.25, 0.3) is 0 Å². The molecule has 0 radical (unpaired) electrons. The Hall–Kier alpha value is -2.32. The summed E-state index contributed by atoms with van der Waals surface area (Å²) < 4.78 is 2.76. The summed E-state index contributed by atoms with van der Waals surface area (Å²) in [5.41, 5.74) is 1.69. The summed E-state index contributed by atoms with van der Waals surface area (Å²) in [6.07, 6.45) is 1.82. The van der Waals surface area contributed by atoms with Crippen LogP contribution in [0.1, 0.15) is 0 Å². The molecule has 0 saturated carbocycles. The van der Waals surface area contributed by atoms with E-state index in [9.17, 15) is 4.79 Å². The van der Waals surface area contributed by atoms with Gasteiger partial charge < -0.3 is 9.80 Å². The number of rotatable bonds is 3. The molecule has 0 aliphatic carbocycles. The lowest BCUT2D eigenvalue weighted by atomic mass is 10.0. The van der Waals surface area contributed by atoms with Crippen molar-refractivity contribution in [1.29, 1.82) is 0 Å². The number of benzene rings is 1. The van der Waals surface area contributed by atoms with E-state index >= 15 is 0 Å². The number of likely N-dealkylation sites (tertiary alicyclic amines) is 2. The lowest BCUT2D eigenvalue weighted by Gasteiger charge is -2.19. The number of aromatic nitrogens is 4. The van der Waals surface area contributed by atoms with Crippen molar-refractivity contribution in [2.45, 2.75) is 6.54 Å². The monoisotopic (exact) mass is 368 g/mol. The highest BCUT2D eigenvalue weighted by atomic mass is 32.1. The first-order valence-electron chi connectivity index (χ1n) is 8.88. The van der Waals surface area contributed by atoms with Crippen molar-refractivity contribution < 1.29 is 4.79 Å². The summed E-state index contributed by atoms with van der Waals surface area (Å²) in [4.78, 5) is 21.6. The van der Waals surface area contributed by atoms with Gasteiger partial charge in [-0.1, -0.05) is 17.3 Å². The minimum Gasteiger partial charge on any atom is -0.340 e. The maximum Gasteiger partial charge on any atom is 0.244 e. The summed E-state index contributed by atoms with van der Waals surface area (Å²) >= 11 is 1.59. The van der Waals surface area contributed by atoms with Gasteiger partial charge in [0, 0.05) is 26.2 Å². The molecule has 0 N–H and O–H groups in total. The Morgan fingerprint density at radius 3 is 2.73 bits per heavy atom. The fourth-order valence-corrected chi connectivity index (χ4v) is 5.04. The molecule has 2 aromatic heterocycles. The number of carbonyl (C=O) groups excluding carboxylic acids is 1. The predicted octanol–water partition coefficient (Wildman–Crippen LogP) is 1.57. The van der Waals surface area contributed by atoms with Gasteiger partial charge >= 0.3 is 0 Å². The number of nitrogens with zero attached hydrogens (tertiary/aromatic N) is 6. The van der Waals surface area contributed by atoms with Gasteiger partial charge in [-0.05, 0) is 31.0 Å². The molecule has 0 spiro atoms. The van der Waals surface area contributed by atoms with Crippen molar-refractivity contribution in [3.8, 4) is 10.7 Å². The molecule has 2 aliphatic heterocycles. The van der Waals surface area contributed by atoms with E-state index in [1.165, 1.54) is 0 Å². The average Bonchev–Trinajstić information content (AvgIpc) is 3.35. The molecule has 8 heteroatoms. The maximum absolute atomic E-state index is 12.6. The third kappa shape index (κ3) is 2.79. The Kier molecular flexibility index (Phi) is 3.75. The zero-order valence-corrected chi connectivity index (χ0v) is 15.4. The standard InChI is InChI=1S/C18H20N6OS/c1-22-6-12-8-23(9-13(12)7-22)17(25)11-24-10-15(20-21-24)18-19-14-4-2-3-5-16(14)26-18/h2-5,10,12-13H,6-9,11H2,1H3/t12-,13+. The molecule has 5 rings (SSSR count). The van der Waals surface area contributed by atoms with Gasteiger partial charge in [0.2, 0.25) is 5.91 Å². The molecule has 2 aliphatic rings. The Morgan fingerprint density at radius 2 is 1.96 bits per heavy atom. The topological polar surface area (TPSA) is 67.2 Å². The lowest BCUT2D eigenvalue weighted by molar-refractivity contribution is -0.131. The van der Waals surface area contributed by atoms with Crippen LogP contribution in [0.3, 0.4) is 0 Å². The first-order chi connectivity index (χ1) is 12.7. The second kappa shape index (κ2) is 6.14. The van der Waals surface area contributed by atoms with Crippen LogP contribution in [-0.2, 0) is 11.3 Å². The summed E-state index contributed by atoms with van der Waals surface area (Å²) in [6, 6.07) is 8.02. The molecule has 134 valence electrons. The number of hydrogen-bond acceptors (Lipinski definition) is 6. The highest BCUT2D eigenvalue weighted by molar-refractivity contribution is 7.21. The fourth-order valence-electron chi connectivity index (χ4n) is 4.13. The van der Waals surface area contributed by atoms with Crippen LogP contribution in [0.15, 0.2) is 30.5 Å². The molecule has 2 atom stereocenters. The van der Waals surface area contributed by atoms with Gasteiger partial charge in [0.05, 0.1) is 16.4 Å². The minimum atomic E-state index is 0.128. The zero-order chi connectivity index (χ0) is 17.7. The Labute approximate surface area is 155 Å². The first-order valence-corrected chi connectivity index (χ1v) is 9.70. The number of para-hydroxylation sites is 1. The Balaban J connectivity index is 1.28. The third-order valence-corrected chi connectivity index (χ3v) is 6.43. The molecule has 1 aromatic carbocycles. The van der Waals surface area contributed by atoms with Gasteiger partial charge in [-0.3, -0.25) is 4.79 Å². The maximum atomic E-state index is 12.6. The molecule has 7 nitrogen and oxygen atoms in total. The number of thiazole rings is 1. The van der Waals surface area contributed by atoms with Gasteiger partial charge in [0.1, 0.15) is 17.2 Å². The molecule has 2 saturated heterocycles. The van der Waals surface area contributed by atoms with Crippen LogP contribution in [0.2, 0.25) is 0 Å². The molecular weight excluding hydrogens is 348 g/mol. The highest BCUT2D eigenvalue weighted by Gasteiger charge is 2.40. The van der Waals surface area contributed by atoms with Crippen molar-refractivity contribution in [2.75, 3.05) is 33.2 Å². The quantitative estimate of drug-likeness (QED) is 0.702. The largest absolute Gasteiger partial charge is 0.340 e. The lowest BCUT2D eigenvalue weighted by Crippen LogP contribution is -2.34.